The maximum Gasteiger partial charge on any atom is 0.252 e. The molecule has 0 spiro atoms. The molecule has 1 atom stereocenters. The van der Waals surface area contributed by atoms with E-state index in [0.717, 1.165) is 27.7 Å². The van der Waals surface area contributed by atoms with Crippen molar-refractivity contribution in [2.24, 2.45) is 0 Å². The normalized spacial score (nSPS) is 12.3. The molecule has 2 N–H and O–H groups in total. The second-order valence-corrected chi connectivity index (χ2v) is 5.75. The van der Waals surface area contributed by atoms with Crippen LogP contribution in [0.1, 0.15) is 46.0 Å². The number of carbonyl (C=O) groups is 1. The number of nitrogens with one attached hydrogen (secondary N) is 2. The Morgan fingerprint density at radius 3 is 2.70 bits per heavy atom. The number of benzene rings is 1. The van der Waals surface area contributed by atoms with Crippen LogP contribution >= 0.6 is 0 Å². The third kappa shape index (κ3) is 2.90. The summed E-state index contributed by atoms with van der Waals surface area (Å²) in [7, 11) is 0. The van der Waals surface area contributed by atoms with Gasteiger partial charge < -0.3 is 5.32 Å². The summed E-state index contributed by atoms with van der Waals surface area (Å²) in [4.78, 5) is 17.3. The second-order valence-electron chi connectivity index (χ2n) is 5.75. The van der Waals surface area contributed by atoms with Gasteiger partial charge in [-0.2, -0.15) is 5.21 Å². The largest absolute Gasteiger partial charge is 0.342 e. The number of nitrogens with zero attached hydrogens (tertiary/aromatic N) is 4. The summed E-state index contributed by atoms with van der Waals surface area (Å²) in [6, 6.07) is 5.52. The molecule has 7 heteroatoms. The van der Waals surface area contributed by atoms with Gasteiger partial charge in [-0.15, -0.1) is 10.2 Å². The molecular formula is C16H18N6O. The minimum atomic E-state index is -0.337. The summed E-state index contributed by atoms with van der Waals surface area (Å²) >= 11 is 0. The average molecular weight is 310 g/mol. The summed E-state index contributed by atoms with van der Waals surface area (Å²) in [6.45, 7) is 7.72. The van der Waals surface area contributed by atoms with Crippen LogP contribution in [-0.2, 0) is 0 Å². The summed E-state index contributed by atoms with van der Waals surface area (Å²) in [5.41, 5.74) is 4.43. The number of aryl methyl sites for hydroxylation is 3. The lowest BCUT2D eigenvalue weighted by Crippen LogP contribution is -2.27. The van der Waals surface area contributed by atoms with E-state index in [-0.39, 0.29) is 11.9 Å². The van der Waals surface area contributed by atoms with Crippen LogP contribution in [0, 0.1) is 20.8 Å². The fourth-order valence-corrected chi connectivity index (χ4v) is 2.69. The zero-order valence-electron chi connectivity index (χ0n) is 13.5. The quantitative estimate of drug-likeness (QED) is 0.772. The van der Waals surface area contributed by atoms with E-state index in [4.69, 9.17) is 0 Å². The molecule has 3 rings (SSSR count). The van der Waals surface area contributed by atoms with Gasteiger partial charge in [0.1, 0.15) is 0 Å². The van der Waals surface area contributed by atoms with Crippen LogP contribution in [0.15, 0.2) is 18.2 Å². The molecule has 118 valence electrons. The predicted molar refractivity (Wildman–Crippen MR) is 86.0 cm³/mol. The van der Waals surface area contributed by atoms with Crippen molar-refractivity contribution in [2.75, 3.05) is 0 Å². The van der Waals surface area contributed by atoms with Gasteiger partial charge in [0.25, 0.3) is 5.91 Å². The van der Waals surface area contributed by atoms with E-state index in [1.165, 1.54) is 0 Å². The lowest BCUT2D eigenvalue weighted by Gasteiger charge is -2.13. The maximum absolute atomic E-state index is 12.7. The number of fused-ring (bicyclic) bond motifs is 1. The Balaban J connectivity index is 2.03. The van der Waals surface area contributed by atoms with Crippen LogP contribution in [0.25, 0.3) is 10.9 Å². The number of rotatable bonds is 3. The number of hydrogen-bond acceptors (Lipinski definition) is 5. The lowest BCUT2D eigenvalue weighted by atomic mass is 10.0. The summed E-state index contributed by atoms with van der Waals surface area (Å²) < 4.78 is 0. The van der Waals surface area contributed by atoms with E-state index >= 15 is 0 Å². The highest BCUT2D eigenvalue weighted by molar-refractivity contribution is 6.07. The monoisotopic (exact) mass is 310 g/mol. The Bertz CT molecular complexity index is 872. The van der Waals surface area contributed by atoms with Crippen LogP contribution in [0.4, 0.5) is 0 Å². The number of aromatic amines is 1. The highest BCUT2D eigenvalue weighted by atomic mass is 16.1. The molecule has 0 unspecified atom stereocenters. The molecule has 7 nitrogen and oxygen atoms in total. The zero-order chi connectivity index (χ0) is 16.6. The number of amides is 1. The standard InChI is InChI=1S/C16H18N6O/c1-8-5-9(2)14-12(6-8)13(7-10(3)17-14)16(23)18-11(4)15-19-21-22-20-15/h5-7,11H,1-4H3,(H,18,23)(H,19,20,21,22)/t11-/m0/s1. The van der Waals surface area contributed by atoms with Crippen molar-refractivity contribution in [3.05, 3.63) is 46.4 Å². The Morgan fingerprint density at radius 1 is 1.22 bits per heavy atom. The van der Waals surface area contributed by atoms with Crippen LogP contribution in [0.3, 0.4) is 0 Å². The van der Waals surface area contributed by atoms with Crippen molar-refractivity contribution in [2.45, 2.75) is 33.7 Å². The Hall–Kier alpha value is -2.83. The van der Waals surface area contributed by atoms with Crippen molar-refractivity contribution in [1.29, 1.82) is 0 Å². The second kappa shape index (κ2) is 5.75. The van der Waals surface area contributed by atoms with Crippen molar-refractivity contribution in [3.8, 4) is 0 Å². The van der Waals surface area contributed by atoms with Gasteiger partial charge in [0, 0.05) is 11.1 Å². The molecule has 1 amide bonds. The number of pyridine rings is 1. The van der Waals surface area contributed by atoms with E-state index in [2.05, 4.69) is 37.0 Å². The van der Waals surface area contributed by atoms with Crippen molar-refractivity contribution in [1.82, 2.24) is 30.9 Å². The molecule has 23 heavy (non-hydrogen) atoms. The van der Waals surface area contributed by atoms with E-state index in [0.29, 0.717) is 11.4 Å². The van der Waals surface area contributed by atoms with Crippen molar-refractivity contribution >= 4 is 16.8 Å². The molecule has 2 aromatic heterocycles. The van der Waals surface area contributed by atoms with Crippen LogP contribution < -0.4 is 5.32 Å². The van der Waals surface area contributed by atoms with E-state index in [1.807, 2.05) is 33.8 Å². The molecule has 0 radical (unpaired) electrons. The van der Waals surface area contributed by atoms with Crippen LogP contribution in [-0.4, -0.2) is 31.5 Å². The lowest BCUT2D eigenvalue weighted by molar-refractivity contribution is 0.0940. The SMILES string of the molecule is Cc1cc(C)c2nc(C)cc(C(=O)N[C@@H](C)c3nn[nH]n3)c2c1. The van der Waals surface area contributed by atoms with Gasteiger partial charge in [-0.3, -0.25) is 9.78 Å². The topological polar surface area (TPSA) is 96.5 Å². The molecule has 1 aromatic carbocycles. The maximum atomic E-state index is 12.7. The molecule has 0 aliphatic rings. The molecule has 2 heterocycles. The van der Waals surface area contributed by atoms with Gasteiger partial charge in [0.05, 0.1) is 17.1 Å². The highest BCUT2D eigenvalue weighted by Crippen LogP contribution is 2.24. The molecule has 0 saturated carbocycles. The number of carbonyl (C=O) groups excluding carboxylic acids is 1. The molecular weight excluding hydrogens is 292 g/mol. The van der Waals surface area contributed by atoms with Crippen LogP contribution in [0.5, 0.6) is 0 Å². The highest BCUT2D eigenvalue weighted by Gasteiger charge is 2.18. The first-order valence-corrected chi connectivity index (χ1v) is 7.38. The fraction of sp³-hybridized carbons (Fsp3) is 0.312. The fourth-order valence-electron chi connectivity index (χ4n) is 2.69. The average Bonchev–Trinajstić information content (AvgIpc) is 3.01. The molecule has 0 fully saturated rings. The van der Waals surface area contributed by atoms with Gasteiger partial charge in [-0.05, 0) is 45.4 Å². The molecule has 0 aliphatic heterocycles. The first kappa shape index (κ1) is 15.1. The predicted octanol–water partition coefficient (Wildman–Crippen LogP) is 2.16. The first-order valence-electron chi connectivity index (χ1n) is 7.38. The zero-order valence-corrected chi connectivity index (χ0v) is 13.5. The third-order valence-electron chi connectivity index (χ3n) is 3.72. The molecule has 3 aromatic rings. The van der Waals surface area contributed by atoms with Crippen LogP contribution in [0.2, 0.25) is 0 Å². The Kier molecular flexibility index (Phi) is 3.77. The minimum Gasteiger partial charge on any atom is -0.342 e. The smallest absolute Gasteiger partial charge is 0.252 e. The minimum absolute atomic E-state index is 0.178. The Labute approximate surface area is 133 Å². The number of H-pyrrole nitrogens is 1. The number of hydrogen-bond donors (Lipinski definition) is 2. The van der Waals surface area contributed by atoms with Gasteiger partial charge in [-0.25, -0.2) is 0 Å². The summed E-state index contributed by atoms with van der Waals surface area (Å²) in [6.07, 6.45) is 0. The third-order valence-corrected chi connectivity index (χ3v) is 3.72. The van der Waals surface area contributed by atoms with E-state index in [9.17, 15) is 4.79 Å². The van der Waals surface area contributed by atoms with Gasteiger partial charge >= 0.3 is 0 Å². The number of aromatic nitrogens is 5. The molecule has 0 saturated heterocycles. The summed E-state index contributed by atoms with van der Waals surface area (Å²) in [5.74, 6) is 0.267. The number of tetrazole rings is 1. The molecule has 0 aliphatic carbocycles. The first-order chi connectivity index (χ1) is 11.0. The van der Waals surface area contributed by atoms with Crippen molar-refractivity contribution in [3.63, 3.8) is 0 Å². The molecule has 0 bridgehead atoms. The van der Waals surface area contributed by atoms with E-state index in [1.54, 1.807) is 6.07 Å². The summed E-state index contributed by atoms with van der Waals surface area (Å²) in [5, 5.41) is 17.4. The van der Waals surface area contributed by atoms with Gasteiger partial charge in [0.15, 0.2) is 5.82 Å². The van der Waals surface area contributed by atoms with Gasteiger partial charge in [0.2, 0.25) is 0 Å². The Morgan fingerprint density at radius 2 is 2.00 bits per heavy atom. The van der Waals surface area contributed by atoms with Crippen molar-refractivity contribution < 1.29 is 4.79 Å². The van der Waals surface area contributed by atoms with Gasteiger partial charge in [-0.1, -0.05) is 16.8 Å². The van der Waals surface area contributed by atoms with E-state index < -0.39 is 0 Å².